The molecule has 1 aromatic carbocycles. The molecular weight excluding hydrogens is 252 g/mol. The van der Waals surface area contributed by atoms with Crippen molar-refractivity contribution in [3.63, 3.8) is 0 Å². The summed E-state index contributed by atoms with van der Waals surface area (Å²) in [4.78, 5) is 21.4. The molecule has 0 atom stereocenters. The van der Waals surface area contributed by atoms with Gasteiger partial charge < -0.3 is 9.84 Å². The number of ether oxygens (including phenoxy) is 1. The zero-order chi connectivity index (χ0) is 10.7. The summed E-state index contributed by atoms with van der Waals surface area (Å²) in [7, 11) is 1.44. The van der Waals surface area contributed by atoms with Crippen molar-refractivity contribution >= 4 is 27.7 Å². The second-order valence-electron chi connectivity index (χ2n) is 2.48. The van der Waals surface area contributed by atoms with Gasteiger partial charge in [0.25, 0.3) is 5.78 Å². The molecule has 5 heteroatoms. The van der Waals surface area contributed by atoms with Crippen LogP contribution in [0.2, 0.25) is 0 Å². The van der Waals surface area contributed by atoms with Gasteiger partial charge in [-0.1, -0.05) is 0 Å². The maximum atomic E-state index is 11.1. The molecule has 1 rings (SSSR count). The van der Waals surface area contributed by atoms with Gasteiger partial charge >= 0.3 is 5.97 Å². The minimum Gasteiger partial charge on any atom is -0.496 e. The first-order valence-corrected chi connectivity index (χ1v) is 4.46. The fourth-order valence-electron chi connectivity index (χ4n) is 0.925. The Kier molecular flexibility index (Phi) is 3.24. The normalized spacial score (nSPS) is 9.57. The molecule has 4 nitrogen and oxygen atoms in total. The molecule has 0 aliphatic carbocycles. The Hall–Kier alpha value is -1.36. The Balaban J connectivity index is 3.12. The first-order chi connectivity index (χ1) is 6.56. The van der Waals surface area contributed by atoms with Crippen LogP contribution in [0.5, 0.6) is 5.75 Å². The number of hydrogen-bond acceptors (Lipinski definition) is 3. The molecular formula is C9H7BrO4. The summed E-state index contributed by atoms with van der Waals surface area (Å²) in [6.45, 7) is 0. The number of benzene rings is 1. The molecule has 1 N–H and O–H groups in total. The van der Waals surface area contributed by atoms with Crippen molar-refractivity contribution in [3.8, 4) is 5.75 Å². The lowest BCUT2D eigenvalue weighted by atomic mass is 10.1. The van der Waals surface area contributed by atoms with Gasteiger partial charge in [-0.25, -0.2) is 4.79 Å². The van der Waals surface area contributed by atoms with E-state index in [0.29, 0.717) is 10.2 Å². The first-order valence-electron chi connectivity index (χ1n) is 3.67. The first kappa shape index (κ1) is 10.7. The molecule has 0 radical (unpaired) electrons. The van der Waals surface area contributed by atoms with Crippen molar-refractivity contribution in [1.82, 2.24) is 0 Å². The molecule has 0 spiro atoms. The average Bonchev–Trinajstić information content (AvgIpc) is 2.17. The van der Waals surface area contributed by atoms with Crippen molar-refractivity contribution in [2.75, 3.05) is 7.11 Å². The summed E-state index contributed by atoms with van der Waals surface area (Å²) in [5, 5.41) is 8.47. The second-order valence-corrected chi connectivity index (χ2v) is 3.34. The van der Waals surface area contributed by atoms with Gasteiger partial charge in [0.05, 0.1) is 11.6 Å². The summed E-state index contributed by atoms with van der Waals surface area (Å²) in [5.41, 5.74) is 0.0950. The summed E-state index contributed by atoms with van der Waals surface area (Å²) < 4.78 is 5.59. The third kappa shape index (κ3) is 2.11. The highest BCUT2D eigenvalue weighted by Crippen LogP contribution is 2.25. The molecule has 0 saturated heterocycles. The van der Waals surface area contributed by atoms with E-state index in [1.165, 1.54) is 19.2 Å². The third-order valence-corrected chi connectivity index (χ3v) is 2.26. The number of carboxylic acid groups (broad SMARTS) is 1. The number of Topliss-reactive ketones (excluding diaryl/α,β-unsaturated/α-hetero) is 1. The number of rotatable bonds is 3. The highest BCUT2D eigenvalue weighted by molar-refractivity contribution is 9.10. The Morgan fingerprint density at radius 1 is 1.43 bits per heavy atom. The van der Waals surface area contributed by atoms with E-state index in [1.807, 2.05) is 0 Å². The van der Waals surface area contributed by atoms with E-state index >= 15 is 0 Å². The van der Waals surface area contributed by atoms with Gasteiger partial charge in [-0.3, -0.25) is 4.79 Å². The topological polar surface area (TPSA) is 63.6 Å². The quantitative estimate of drug-likeness (QED) is 0.663. The largest absolute Gasteiger partial charge is 0.496 e. The van der Waals surface area contributed by atoms with Crippen molar-refractivity contribution in [1.29, 1.82) is 0 Å². The lowest BCUT2D eigenvalue weighted by Gasteiger charge is -2.03. The van der Waals surface area contributed by atoms with E-state index in [4.69, 9.17) is 9.84 Å². The van der Waals surface area contributed by atoms with Crippen LogP contribution in [0.3, 0.4) is 0 Å². The van der Waals surface area contributed by atoms with E-state index in [-0.39, 0.29) is 5.56 Å². The van der Waals surface area contributed by atoms with Crippen molar-refractivity contribution in [2.24, 2.45) is 0 Å². The van der Waals surface area contributed by atoms with Gasteiger partial charge in [0.2, 0.25) is 0 Å². The number of carboxylic acids is 1. The molecule has 0 saturated carbocycles. The van der Waals surface area contributed by atoms with Crippen molar-refractivity contribution < 1.29 is 19.4 Å². The van der Waals surface area contributed by atoms with E-state index < -0.39 is 11.8 Å². The fourth-order valence-corrected chi connectivity index (χ4v) is 1.33. The Labute approximate surface area is 88.6 Å². The monoisotopic (exact) mass is 258 g/mol. The summed E-state index contributed by atoms with van der Waals surface area (Å²) in [6.07, 6.45) is 0. The summed E-state index contributed by atoms with van der Waals surface area (Å²) >= 11 is 3.19. The minimum absolute atomic E-state index is 0.0950. The van der Waals surface area contributed by atoms with Crippen LogP contribution in [-0.2, 0) is 4.79 Å². The van der Waals surface area contributed by atoms with Crippen LogP contribution >= 0.6 is 15.9 Å². The number of methoxy groups -OCH3 is 1. The average molecular weight is 259 g/mol. The number of carbonyl (C=O) groups is 2. The molecule has 1 aromatic rings. The van der Waals surface area contributed by atoms with Gasteiger partial charge in [0, 0.05) is 5.56 Å². The van der Waals surface area contributed by atoms with Gasteiger partial charge in [-0.15, -0.1) is 0 Å². The lowest BCUT2D eigenvalue weighted by molar-refractivity contribution is -0.131. The number of halogens is 1. The van der Waals surface area contributed by atoms with Gasteiger partial charge in [-0.05, 0) is 34.1 Å². The van der Waals surface area contributed by atoms with Crippen LogP contribution in [0.25, 0.3) is 0 Å². The Morgan fingerprint density at radius 2 is 2.07 bits per heavy atom. The highest BCUT2D eigenvalue weighted by Gasteiger charge is 2.15. The van der Waals surface area contributed by atoms with E-state index in [9.17, 15) is 9.59 Å². The lowest BCUT2D eigenvalue weighted by Crippen LogP contribution is -2.12. The predicted molar refractivity (Wildman–Crippen MR) is 52.7 cm³/mol. The molecule has 0 amide bonds. The molecule has 74 valence electrons. The molecule has 0 heterocycles. The summed E-state index contributed by atoms with van der Waals surface area (Å²) in [5.74, 6) is -2.00. The van der Waals surface area contributed by atoms with E-state index in [1.54, 1.807) is 6.07 Å². The van der Waals surface area contributed by atoms with E-state index in [0.717, 1.165) is 0 Å². The number of aliphatic carboxylic acids is 1. The second kappa shape index (κ2) is 4.23. The smallest absolute Gasteiger partial charge is 0.377 e. The third-order valence-electron chi connectivity index (χ3n) is 1.61. The van der Waals surface area contributed by atoms with Crippen LogP contribution in [0, 0.1) is 0 Å². The number of ketones is 1. The van der Waals surface area contributed by atoms with Gasteiger partial charge in [-0.2, -0.15) is 0 Å². The standard InChI is InChI=1S/C9H7BrO4/c1-14-7-4-5(2-3-6(7)10)8(11)9(12)13/h2-4H,1H3,(H,12,13). The Morgan fingerprint density at radius 3 is 2.57 bits per heavy atom. The van der Waals surface area contributed by atoms with E-state index in [2.05, 4.69) is 15.9 Å². The highest BCUT2D eigenvalue weighted by atomic mass is 79.9. The van der Waals surface area contributed by atoms with Crippen LogP contribution in [0.15, 0.2) is 22.7 Å². The zero-order valence-corrected chi connectivity index (χ0v) is 8.87. The van der Waals surface area contributed by atoms with Crippen LogP contribution in [0.4, 0.5) is 0 Å². The molecule has 0 fully saturated rings. The van der Waals surface area contributed by atoms with Crippen molar-refractivity contribution in [3.05, 3.63) is 28.2 Å². The zero-order valence-electron chi connectivity index (χ0n) is 7.28. The Bertz CT molecular complexity index is 386. The van der Waals surface area contributed by atoms with Crippen LogP contribution in [0.1, 0.15) is 10.4 Å². The summed E-state index contributed by atoms with van der Waals surface area (Å²) in [6, 6.07) is 4.36. The maximum Gasteiger partial charge on any atom is 0.377 e. The minimum atomic E-state index is -1.48. The molecule has 14 heavy (non-hydrogen) atoms. The SMILES string of the molecule is COc1cc(C(=O)C(=O)O)ccc1Br. The van der Waals surface area contributed by atoms with Gasteiger partial charge in [0.1, 0.15) is 5.75 Å². The fraction of sp³-hybridized carbons (Fsp3) is 0.111. The van der Waals surface area contributed by atoms with Crippen LogP contribution in [-0.4, -0.2) is 24.0 Å². The van der Waals surface area contributed by atoms with Crippen molar-refractivity contribution in [2.45, 2.75) is 0 Å². The van der Waals surface area contributed by atoms with Crippen LogP contribution < -0.4 is 4.74 Å². The van der Waals surface area contributed by atoms with Gasteiger partial charge in [0.15, 0.2) is 0 Å². The molecule has 0 aliphatic heterocycles. The predicted octanol–water partition coefficient (Wildman–Crippen LogP) is 1.73. The number of carbonyl (C=O) groups excluding carboxylic acids is 1. The number of hydrogen-bond donors (Lipinski definition) is 1. The maximum absolute atomic E-state index is 11.1. The molecule has 0 aromatic heterocycles. The molecule has 0 unspecified atom stereocenters. The molecule has 0 bridgehead atoms. The molecule has 0 aliphatic rings.